The predicted molar refractivity (Wildman–Crippen MR) is 125 cm³/mol. The van der Waals surface area contributed by atoms with Crippen molar-refractivity contribution in [2.45, 2.75) is 5.41 Å². The van der Waals surface area contributed by atoms with Crippen LogP contribution in [-0.4, -0.2) is 36.0 Å². The van der Waals surface area contributed by atoms with Gasteiger partial charge in [0, 0.05) is 33.5 Å². The molecule has 5 heterocycles. The van der Waals surface area contributed by atoms with Crippen LogP contribution in [0.4, 0.5) is 8.78 Å². The van der Waals surface area contributed by atoms with Gasteiger partial charge in [0.15, 0.2) is 0 Å². The van der Waals surface area contributed by atoms with Crippen LogP contribution in [0.2, 0.25) is 0 Å². The van der Waals surface area contributed by atoms with Crippen LogP contribution in [0.1, 0.15) is 33.3 Å². The fraction of sp³-hybridized carbons (Fsp3) is 0.0370. The zero-order valence-corrected chi connectivity index (χ0v) is 21.1. The second kappa shape index (κ2) is 10.8. The van der Waals surface area contributed by atoms with Crippen molar-refractivity contribution in [3.05, 3.63) is 138 Å². The zero-order valence-electron chi connectivity index (χ0n) is 18.8. The zero-order chi connectivity index (χ0) is 25.1. The number of aromatic carboxylic acids is 1. The van der Waals surface area contributed by atoms with Crippen molar-refractivity contribution < 1.29 is 39.7 Å². The van der Waals surface area contributed by atoms with Gasteiger partial charge < -0.3 is 5.11 Å². The molecule has 10 heteroatoms. The first-order chi connectivity index (χ1) is 17.5. The van der Waals surface area contributed by atoms with E-state index < -0.39 is 23.3 Å². The molecule has 186 valence electrons. The number of halogens is 2. The van der Waals surface area contributed by atoms with E-state index in [2.05, 4.69) is 26.0 Å². The van der Waals surface area contributed by atoms with Crippen molar-refractivity contribution in [1.82, 2.24) is 24.9 Å². The number of carboxylic acids is 1. The van der Waals surface area contributed by atoms with E-state index in [0.717, 1.165) is 6.07 Å². The van der Waals surface area contributed by atoms with Crippen LogP contribution < -0.4 is 0 Å². The minimum Gasteiger partial charge on any atom is -0.477 e. The van der Waals surface area contributed by atoms with E-state index in [1.165, 1.54) is 6.07 Å². The Labute approximate surface area is 224 Å². The quantitative estimate of drug-likeness (QED) is 0.209. The molecule has 0 saturated heterocycles. The maximum atomic E-state index is 14.6. The monoisotopic (exact) mass is 675 g/mol. The first-order valence-electron chi connectivity index (χ1n) is 10.8. The number of carboxylic acid groups (broad SMARTS) is 1. The van der Waals surface area contributed by atoms with Gasteiger partial charge in [0.05, 0.1) is 22.8 Å². The Morgan fingerprint density at radius 2 is 1.35 bits per heavy atom. The minimum atomic E-state index is -1.38. The van der Waals surface area contributed by atoms with Crippen LogP contribution in [0.3, 0.4) is 0 Å². The molecule has 0 atom stereocenters. The second-order valence-electron chi connectivity index (χ2n) is 7.69. The molecule has 0 amide bonds. The molecule has 5 aromatic heterocycles. The van der Waals surface area contributed by atoms with Crippen molar-refractivity contribution in [1.29, 1.82) is 0 Å². The smallest absolute Gasteiger partial charge is 0.354 e. The summed E-state index contributed by atoms with van der Waals surface area (Å²) in [6.07, 6.45) is 3.19. The van der Waals surface area contributed by atoms with E-state index in [1.54, 1.807) is 79.1 Å². The Balaban J connectivity index is 0.00000320. The molecule has 5 rings (SSSR count). The Morgan fingerprint density at radius 3 is 1.92 bits per heavy atom. The number of rotatable bonds is 6. The summed E-state index contributed by atoms with van der Waals surface area (Å²) in [5.74, 6) is -3.27. The van der Waals surface area contributed by atoms with Crippen molar-refractivity contribution in [3.63, 3.8) is 0 Å². The summed E-state index contributed by atoms with van der Waals surface area (Å²) < 4.78 is 28.0. The van der Waals surface area contributed by atoms with Gasteiger partial charge in [-0.1, -0.05) is 42.0 Å². The van der Waals surface area contributed by atoms with E-state index in [4.69, 9.17) is 4.98 Å². The number of hydrogen-bond donors (Lipinski definition) is 1. The molecule has 5 aromatic rings. The van der Waals surface area contributed by atoms with Gasteiger partial charge in [0.1, 0.15) is 23.0 Å². The van der Waals surface area contributed by atoms with Gasteiger partial charge in [-0.05, 0) is 48.2 Å². The molecule has 37 heavy (non-hydrogen) atoms. The van der Waals surface area contributed by atoms with Crippen molar-refractivity contribution in [2.75, 3.05) is 0 Å². The Hall–Kier alpha value is -4.23. The maximum Gasteiger partial charge on any atom is 0.354 e. The first kappa shape index (κ1) is 25.8. The van der Waals surface area contributed by atoms with Gasteiger partial charge in [0.25, 0.3) is 0 Å². The Morgan fingerprint density at radius 1 is 0.757 bits per heavy atom. The van der Waals surface area contributed by atoms with Gasteiger partial charge in [-0.3, -0.25) is 19.9 Å². The summed E-state index contributed by atoms with van der Waals surface area (Å²) in [5, 5.41) is 9.64. The molecule has 0 aliphatic heterocycles. The van der Waals surface area contributed by atoms with Crippen LogP contribution in [-0.2, 0) is 26.5 Å². The summed E-state index contributed by atoms with van der Waals surface area (Å²) in [6.45, 7) is 0. The molecule has 7 nitrogen and oxygen atoms in total. The van der Waals surface area contributed by atoms with Crippen LogP contribution in [0.25, 0.3) is 11.3 Å². The summed E-state index contributed by atoms with van der Waals surface area (Å²) in [7, 11) is 0. The molecular formula is C27H16F2N5O2Pt-. The molecule has 0 bridgehead atoms. The Kier molecular flexibility index (Phi) is 7.55. The molecule has 0 unspecified atom stereocenters. The standard InChI is InChI=1S/C27H16F2N5O2.Pt/c28-24-14-13-17(25(29)34-24)18-7-5-11-22(32-18)27(20-9-1-3-15-30-20,21-10-2-4-16-31-21)23-12-6-8-19(33-23)26(35)36;/h1-12,14-16H,(H,35,36);/q-1;. The molecule has 1 N–H and O–H groups in total. The molecule has 0 aliphatic rings. The van der Waals surface area contributed by atoms with E-state index in [9.17, 15) is 18.7 Å². The predicted octanol–water partition coefficient (Wildman–Crippen LogP) is 4.49. The summed E-state index contributed by atoms with van der Waals surface area (Å²) in [4.78, 5) is 33.3. The summed E-state index contributed by atoms with van der Waals surface area (Å²) >= 11 is 0. The van der Waals surface area contributed by atoms with E-state index in [0.29, 0.717) is 22.8 Å². The number of carbonyl (C=O) groups is 1. The molecule has 0 fully saturated rings. The Bertz CT molecular complexity index is 1520. The SMILES string of the molecule is O=C(O)c1cccc(C(c2ccccn2)(c2ccccn2)c2cccc(-c3[c-]cc(F)nc3F)n2)n1.[Pt]. The van der Waals surface area contributed by atoms with E-state index in [1.807, 2.05) is 0 Å². The van der Waals surface area contributed by atoms with Gasteiger partial charge in [-0.15, -0.1) is 6.07 Å². The third kappa shape index (κ3) is 4.78. The number of nitrogens with zero attached hydrogens (tertiary/aromatic N) is 5. The normalized spacial score (nSPS) is 11.0. The minimum absolute atomic E-state index is 0. The molecule has 0 spiro atoms. The van der Waals surface area contributed by atoms with Crippen LogP contribution in [0.5, 0.6) is 0 Å². The molecular weight excluding hydrogens is 659 g/mol. The van der Waals surface area contributed by atoms with Crippen LogP contribution in [0, 0.1) is 18.0 Å². The fourth-order valence-electron chi connectivity index (χ4n) is 4.05. The maximum absolute atomic E-state index is 14.6. The van der Waals surface area contributed by atoms with Crippen molar-refractivity contribution >= 4 is 5.97 Å². The summed E-state index contributed by atoms with van der Waals surface area (Å²) in [5.41, 5.74) is 0.0194. The number of hydrogen-bond acceptors (Lipinski definition) is 6. The van der Waals surface area contributed by atoms with Gasteiger partial charge in [-0.25, -0.2) is 18.6 Å². The van der Waals surface area contributed by atoms with Crippen molar-refractivity contribution in [3.8, 4) is 11.3 Å². The molecule has 0 aliphatic carbocycles. The first-order valence-corrected chi connectivity index (χ1v) is 10.8. The van der Waals surface area contributed by atoms with Crippen LogP contribution in [0.15, 0.2) is 91.3 Å². The van der Waals surface area contributed by atoms with Crippen molar-refractivity contribution in [2.24, 2.45) is 0 Å². The average molecular weight is 676 g/mol. The van der Waals surface area contributed by atoms with E-state index in [-0.39, 0.29) is 38.0 Å². The van der Waals surface area contributed by atoms with Gasteiger partial charge >= 0.3 is 5.97 Å². The number of aromatic nitrogens is 5. The van der Waals surface area contributed by atoms with Crippen LogP contribution >= 0.6 is 0 Å². The molecule has 0 aromatic carbocycles. The average Bonchev–Trinajstić information content (AvgIpc) is 2.91. The summed E-state index contributed by atoms with van der Waals surface area (Å²) in [6, 6.07) is 23.5. The third-order valence-corrected chi connectivity index (χ3v) is 5.59. The van der Waals surface area contributed by atoms with Gasteiger partial charge in [-0.2, -0.15) is 0 Å². The molecule has 0 radical (unpaired) electrons. The van der Waals surface area contributed by atoms with Gasteiger partial charge in [0.2, 0.25) is 0 Å². The largest absolute Gasteiger partial charge is 0.477 e. The third-order valence-electron chi connectivity index (χ3n) is 5.59. The number of pyridine rings is 5. The molecule has 0 saturated carbocycles. The topological polar surface area (TPSA) is 102 Å². The van der Waals surface area contributed by atoms with E-state index >= 15 is 0 Å². The second-order valence-corrected chi connectivity index (χ2v) is 7.69. The fourth-order valence-corrected chi connectivity index (χ4v) is 4.05.